The van der Waals surface area contributed by atoms with Crippen LogP contribution < -0.4 is 0 Å². The molecule has 2 heteroatoms. The Hall–Kier alpha value is -0.530. The second-order valence-corrected chi connectivity index (χ2v) is 9.08. The number of carboxylic acid groups (broad SMARTS) is 1. The van der Waals surface area contributed by atoms with Crippen LogP contribution in [0.4, 0.5) is 0 Å². The van der Waals surface area contributed by atoms with E-state index in [4.69, 9.17) is 5.11 Å². The Bertz CT molecular complexity index is 349. The molecule has 0 aromatic rings. The summed E-state index contributed by atoms with van der Waals surface area (Å²) in [5.41, 5.74) is 0. The van der Waals surface area contributed by atoms with E-state index in [1.165, 1.54) is 83.5 Å². The second kappa shape index (κ2) is 12.0. The molecule has 0 radical (unpaired) electrons. The molecule has 0 spiro atoms. The van der Waals surface area contributed by atoms with Gasteiger partial charge >= 0.3 is 5.97 Å². The normalized spacial score (nSPS) is 30.3. The molecule has 2 saturated carbocycles. The van der Waals surface area contributed by atoms with Crippen molar-refractivity contribution in [3.05, 3.63) is 0 Å². The number of aliphatic carboxylic acids is 1. The van der Waals surface area contributed by atoms with E-state index in [9.17, 15) is 4.79 Å². The van der Waals surface area contributed by atoms with Gasteiger partial charge in [0.05, 0.1) is 5.92 Å². The zero-order valence-corrected chi connectivity index (χ0v) is 16.7. The second-order valence-electron chi connectivity index (χ2n) is 9.08. The van der Waals surface area contributed by atoms with Crippen molar-refractivity contribution in [2.75, 3.05) is 0 Å². The first-order valence-electron chi connectivity index (χ1n) is 11.4. The fourth-order valence-corrected chi connectivity index (χ4v) is 5.19. The van der Waals surface area contributed by atoms with E-state index in [0.29, 0.717) is 0 Å². The van der Waals surface area contributed by atoms with Crippen LogP contribution >= 0.6 is 0 Å². The number of carbonyl (C=O) groups is 1. The summed E-state index contributed by atoms with van der Waals surface area (Å²) in [6.45, 7) is 2.29. The number of unbranched alkanes of at least 4 members (excludes halogenated alkanes) is 5. The lowest BCUT2D eigenvalue weighted by Gasteiger charge is -2.31. The summed E-state index contributed by atoms with van der Waals surface area (Å²) in [5, 5.41) is 9.10. The van der Waals surface area contributed by atoms with Crippen molar-refractivity contribution in [1.82, 2.24) is 0 Å². The first-order chi connectivity index (χ1) is 12.2. The van der Waals surface area contributed by atoms with Gasteiger partial charge in [-0.25, -0.2) is 0 Å². The van der Waals surface area contributed by atoms with Crippen LogP contribution in [0.1, 0.15) is 116 Å². The van der Waals surface area contributed by atoms with Crippen molar-refractivity contribution < 1.29 is 9.90 Å². The van der Waals surface area contributed by atoms with E-state index >= 15 is 0 Å². The Kier molecular flexibility index (Phi) is 9.94. The maximum atomic E-state index is 11.0. The van der Waals surface area contributed by atoms with Crippen molar-refractivity contribution in [3.8, 4) is 0 Å². The summed E-state index contributed by atoms with van der Waals surface area (Å²) in [6, 6.07) is 0. The SMILES string of the molecule is CCCCCCCCC1CCC(CCC2CCC(C(=O)O)CC2)CC1. The molecule has 2 nitrogen and oxygen atoms in total. The summed E-state index contributed by atoms with van der Waals surface area (Å²) in [4.78, 5) is 11.0. The zero-order chi connectivity index (χ0) is 17.9. The van der Waals surface area contributed by atoms with Gasteiger partial charge in [0.1, 0.15) is 0 Å². The first-order valence-corrected chi connectivity index (χ1v) is 11.4. The van der Waals surface area contributed by atoms with Gasteiger partial charge in [0.25, 0.3) is 0 Å². The maximum Gasteiger partial charge on any atom is 0.306 e. The number of hydrogen-bond donors (Lipinski definition) is 1. The third kappa shape index (κ3) is 8.13. The van der Waals surface area contributed by atoms with E-state index in [0.717, 1.165) is 43.4 Å². The molecule has 0 unspecified atom stereocenters. The van der Waals surface area contributed by atoms with Crippen molar-refractivity contribution in [2.24, 2.45) is 23.7 Å². The van der Waals surface area contributed by atoms with Gasteiger partial charge in [-0.05, 0) is 43.4 Å². The predicted molar refractivity (Wildman–Crippen MR) is 106 cm³/mol. The quantitative estimate of drug-likeness (QED) is 0.399. The van der Waals surface area contributed by atoms with Crippen LogP contribution in [0.5, 0.6) is 0 Å². The van der Waals surface area contributed by atoms with Gasteiger partial charge in [0.15, 0.2) is 0 Å². The van der Waals surface area contributed by atoms with E-state index in [1.807, 2.05) is 0 Å². The Balaban J connectivity index is 1.48. The van der Waals surface area contributed by atoms with Crippen molar-refractivity contribution in [1.29, 1.82) is 0 Å². The molecule has 0 aromatic carbocycles. The lowest BCUT2D eigenvalue weighted by molar-refractivity contribution is -0.143. The van der Waals surface area contributed by atoms with Gasteiger partial charge < -0.3 is 5.11 Å². The molecule has 0 bridgehead atoms. The largest absolute Gasteiger partial charge is 0.481 e. The molecule has 2 rings (SSSR count). The minimum absolute atomic E-state index is 0.0475. The molecule has 0 aromatic heterocycles. The molecule has 0 amide bonds. The summed E-state index contributed by atoms with van der Waals surface area (Å²) >= 11 is 0. The van der Waals surface area contributed by atoms with Crippen molar-refractivity contribution in [2.45, 2.75) is 116 Å². The summed E-state index contributed by atoms with van der Waals surface area (Å²) in [6.07, 6.45) is 22.9. The number of hydrogen-bond acceptors (Lipinski definition) is 1. The number of rotatable bonds is 11. The van der Waals surface area contributed by atoms with Crippen LogP contribution in [0.2, 0.25) is 0 Å². The van der Waals surface area contributed by atoms with Gasteiger partial charge in [0.2, 0.25) is 0 Å². The minimum atomic E-state index is -0.567. The molecule has 2 aliphatic carbocycles. The molecular formula is C23H42O2. The lowest BCUT2D eigenvalue weighted by atomic mass is 9.75. The van der Waals surface area contributed by atoms with Crippen LogP contribution in [0.3, 0.4) is 0 Å². The van der Waals surface area contributed by atoms with Gasteiger partial charge in [0, 0.05) is 0 Å². The predicted octanol–water partition coefficient (Wildman–Crippen LogP) is 7.21. The van der Waals surface area contributed by atoms with Gasteiger partial charge in [-0.15, -0.1) is 0 Å². The molecule has 1 N–H and O–H groups in total. The van der Waals surface area contributed by atoms with Gasteiger partial charge in [-0.3, -0.25) is 4.79 Å². The third-order valence-corrected chi connectivity index (χ3v) is 7.11. The van der Waals surface area contributed by atoms with Crippen molar-refractivity contribution >= 4 is 5.97 Å². The van der Waals surface area contributed by atoms with Crippen molar-refractivity contribution in [3.63, 3.8) is 0 Å². The highest BCUT2D eigenvalue weighted by Gasteiger charge is 2.27. The van der Waals surface area contributed by atoms with Gasteiger partial charge in [-0.1, -0.05) is 90.4 Å². The Morgan fingerprint density at radius 2 is 1.12 bits per heavy atom. The highest BCUT2D eigenvalue weighted by Crippen LogP contribution is 2.37. The molecular weight excluding hydrogens is 308 g/mol. The van der Waals surface area contributed by atoms with Crippen LogP contribution in [0.15, 0.2) is 0 Å². The third-order valence-electron chi connectivity index (χ3n) is 7.11. The van der Waals surface area contributed by atoms with Crippen LogP contribution in [-0.4, -0.2) is 11.1 Å². The fourth-order valence-electron chi connectivity index (χ4n) is 5.19. The molecule has 2 aliphatic rings. The molecule has 0 aliphatic heterocycles. The maximum absolute atomic E-state index is 11.0. The van der Waals surface area contributed by atoms with E-state index < -0.39 is 5.97 Å². The number of carboxylic acids is 1. The monoisotopic (exact) mass is 350 g/mol. The highest BCUT2D eigenvalue weighted by atomic mass is 16.4. The first kappa shape index (κ1) is 20.8. The smallest absolute Gasteiger partial charge is 0.306 e. The van der Waals surface area contributed by atoms with E-state index in [2.05, 4.69) is 6.92 Å². The van der Waals surface area contributed by atoms with Crippen LogP contribution in [0.25, 0.3) is 0 Å². The van der Waals surface area contributed by atoms with Crippen LogP contribution in [-0.2, 0) is 4.79 Å². The summed E-state index contributed by atoms with van der Waals surface area (Å²) in [5.74, 6) is 2.19. The Labute approximate surface area is 156 Å². The summed E-state index contributed by atoms with van der Waals surface area (Å²) < 4.78 is 0. The standard InChI is InChI=1S/C23H42O2/c1-2-3-4-5-6-7-8-19-9-11-20(12-10-19)13-14-21-15-17-22(18-16-21)23(24)25/h19-22H,2-18H2,1H3,(H,24,25). The summed E-state index contributed by atoms with van der Waals surface area (Å²) in [7, 11) is 0. The highest BCUT2D eigenvalue weighted by molar-refractivity contribution is 5.69. The zero-order valence-electron chi connectivity index (χ0n) is 16.7. The average Bonchev–Trinajstić information content (AvgIpc) is 2.64. The molecule has 0 saturated heterocycles. The average molecular weight is 351 g/mol. The molecule has 0 heterocycles. The Morgan fingerprint density at radius 1 is 0.680 bits per heavy atom. The Morgan fingerprint density at radius 3 is 1.64 bits per heavy atom. The topological polar surface area (TPSA) is 37.3 Å². The molecule has 0 atom stereocenters. The molecule has 25 heavy (non-hydrogen) atoms. The van der Waals surface area contributed by atoms with E-state index in [-0.39, 0.29) is 5.92 Å². The lowest BCUT2D eigenvalue weighted by Crippen LogP contribution is -2.22. The van der Waals surface area contributed by atoms with Gasteiger partial charge in [-0.2, -0.15) is 0 Å². The molecule has 2 fully saturated rings. The van der Waals surface area contributed by atoms with E-state index in [1.54, 1.807) is 0 Å². The fraction of sp³-hybridized carbons (Fsp3) is 0.957. The minimum Gasteiger partial charge on any atom is -0.481 e. The molecule has 146 valence electrons. The van der Waals surface area contributed by atoms with Crippen LogP contribution in [0, 0.1) is 23.7 Å².